The average molecular weight is 508 g/mol. The second-order valence-corrected chi connectivity index (χ2v) is 9.15. The molecule has 1 fully saturated rings. The molecule has 0 spiro atoms. The van der Waals surface area contributed by atoms with Gasteiger partial charge in [0, 0.05) is 23.6 Å². The number of ether oxygens (including phenoxy) is 1. The van der Waals surface area contributed by atoms with E-state index in [1.54, 1.807) is 60.7 Å². The van der Waals surface area contributed by atoms with Gasteiger partial charge >= 0.3 is 5.97 Å². The number of carboxylic acid groups (broad SMARTS) is 1. The van der Waals surface area contributed by atoms with Crippen molar-refractivity contribution in [1.29, 1.82) is 0 Å². The first-order chi connectivity index (χ1) is 17.8. The van der Waals surface area contributed by atoms with Crippen molar-refractivity contribution in [1.82, 2.24) is 4.90 Å². The topological polar surface area (TPSA) is 107 Å². The Hall–Kier alpha value is -3.75. The van der Waals surface area contributed by atoms with Crippen molar-refractivity contribution < 1.29 is 34.0 Å². The van der Waals surface area contributed by atoms with Crippen LogP contribution in [-0.4, -0.2) is 44.7 Å². The molecule has 1 aliphatic rings. The summed E-state index contributed by atoms with van der Waals surface area (Å²) in [7, 11) is 0. The lowest BCUT2D eigenvalue weighted by Gasteiger charge is -2.36. The number of rotatable bonds is 12. The van der Waals surface area contributed by atoms with Gasteiger partial charge in [0.15, 0.2) is 0 Å². The van der Waals surface area contributed by atoms with E-state index in [9.17, 15) is 24.2 Å². The van der Waals surface area contributed by atoms with Crippen LogP contribution in [0.4, 0.5) is 4.39 Å². The largest absolute Gasteiger partial charge is 0.493 e. The minimum absolute atomic E-state index is 0.0452. The van der Waals surface area contributed by atoms with E-state index in [4.69, 9.17) is 9.84 Å². The van der Waals surface area contributed by atoms with E-state index in [0.717, 1.165) is 4.90 Å². The summed E-state index contributed by atoms with van der Waals surface area (Å²) in [5.41, 5.74) is 1.31. The average Bonchev–Trinajstić information content (AvgIpc) is 3.71. The maximum absolute atomic E-state index is 14.2. The number of nitrogens with zero attached hydrogens (tertiary/aromatic N) is 1. The molecule has 4 rings (SSSR count). The normalized spacial score (nSPS) is 13.3. The molecule has 0 bridgehead atoms. The van der Waals surface area contributed by atoms with Gasteiger partial charge in [-0.1, -0.05) is 42.5 Å². The molecule has 0 radical (unpaired) electrons. The molecule has 1 amide bonds. The highest BCUT2D eigenvalue weighted by molar-refractivity contribution is 5.95. The van der Waals surface area contributed by atoms with Crippen LogP contribution in [-0.2, 0) is 10.7 Å². The molecule has 0 unspecified atom stereocenters. The molecule has 3 N–H and O–H groups in total. The number of hydrogen-bond acceptors (Lipinski definition) is 5. The standard InChI is InChI=1S/C29H30FNO6/c30-25-10-5-3-8-23(25)20-13-15-21(16-14-20)28(34)31(22-17-18-22)29(35,36)24-9-4-6-11-26(24)37-19-7-1-2-12-27(32)33/h3-6,8-11,13-16,22,35-36H,1-2,7,12,17-19H2,(H,32,33). The third-order valence-corrected chi connectivity index (χ3v) is 6.32. The van der Waals surface area contributed by atoms with Gasteiger partial charge in [-0.25, -0.2) is 4.39 Å². The van der Waals surface area contributed by atoms with Crippen LogP contribution in [0.15, 0.2) is 72.8 Å². The van der Waals surface area contributed by atoms with Gasteiger partial charge in [0.25, 0.3) is 11.8 Å². The van der Waals surface area contributed by atoms with Crippen LogP contribution in [0.25, 0.3) is 11.1 Å². The summed E-state index contributed by atoms with van der Waals surface area (Å²) in [6, 6.07) is 18.8. The summed E-state index contributed by atoms with van der Waals surface area (Å²) >= 11 is 0. The third kappa shape index (κ3) is 6.34. The Morgan fingerprint density at radius 3 is 2.27 bits per heavy atom. The zero-order valence-corrected chi connectivity index (χ0v) is 20.3. The first-order valence-electron chi connectivity index (χ1n) is 12.4. The molecular formula is C29H30FNO6. The van der Waals surface area contributed by atoms with E-state index in [1.807, 2.05) is 0 Å². The molecular weight excluding hydrogens is 477 g/mol. The minimum Gasteiger partial charge on any atom is -0.493 e. The summed E-state index contributed by atoms with van der Waals surface area (Å²) in [5.74, 6) is -4.16. The fourth-order valence-electron chi connectivity index (χ4n) is 4.26. The predicted molar refractivity (Wildman–Crippen MR) is 135 cm³/mol. The number of para-hydroxylation sites is 1. The number of halogens is 1. The van der Waals surface area contributed by atoms with Gasteiger partial charge in [-0.2, -0.15) is 0 Å². The molecule has 0 aromatic heterocycles. The van der Waals surface area contributed by atoms with Crippen molar-refractivity contribution in [3.05, 3.63) is 89.7 Å². The quantitative estimate of drug-likeness (QED) is 0.237. The Labute approximate surface area is 214 Å². The summed E-state index contributed by atoms with van der Waals surface area (Å²) in [4.78, 5) is 25.2. The molecule has 0 aliphatic heterocycles. The number of benzene rings is 3. The molecule has 194 valence electrons. The van der Waals surface area contributed by atoms with Gasteiger partial charge in [0.05, 0.1) is 12.2 Å². The fourth-order valence-corrected chi connectivity index (χ4v) is 4.26. The molecule has 8 heteroatoms. The lowest BCUT2D eigenvalue weighted by atomic mass is 10.0. The number of carbonyl (C=O) groups excluding carboxylic acids is 1. The van der Waals surface area contributed by atoms with Crippen molar-refractivity contribution in [3.63, 3.8) is 0 Å². The van der Waals surface area contributed by atoms with Crippen LogP contribution in [0.5, 0.6) is 5.75 Å². The Kier molecular flexibility index (Phi) is 8.21. The van der Waals surface area contributed by atoms with Gasteiger partial charge in [-0.05, 0) is 68.0 Å². The molecule has 0 heterocycles. The van der Waals surface area contributed by atoms with Crippen molar-refractivity contribution in [2.75, 3.05) is 6.61 Å². The molecule has 0 atom stereocenters. The van der Waals surface area contributed by atoms with Gasteiger partial charge < -0.3 is 20.1 Å². The first-order valence-corrected chi connectivity index (χ1v) is 12.4. The highest BCUT2D eigenvalue weighted by Gasteiger charge is 2.48. The van der Waals surface area contributed by atoms with Crippen molar-refractivity contribution in [3.8, 4) is 16.9 Å². The summed E-state index contributed by atoms with van der Waals surface area (Å²) < 4.78 is 20.0. The third-order valence-electron chi connectivity index (χ3n) is 6.32. The molecule has 0 saturated heterocycles. The van der Waals surface area contributed by atoms with Gasteiger partial charge in [-0.3, -0.25) is 14.5 Å². The molecule has 3 aromatic carbocycles. The number of carbonyl (C=O) groups is 2. The zero-order valence-electron chi connectivity index (χ0n) is 20.3. The summed E-state index contributed by atoms with van der Waals surface area (Å²) in [6.45, 7) is 0.265. The number of hydrogen-bond donors (Lipinski definition) is 3. The zero-order chi connectivity index (χ0) is 26.4. The number of carboxylic acids is 1. The number of unbranched alkanes of at least 4 members (excludes halogenated alkanes) is 2. The number of aliphatic carboxylic acids is 1. The monoisotopic (exact) mass is 507 g/mol. The Morgan fingerprint density at radius 1 is 0.919 bits per heavy atom. The predicted octanol–water partition coefficient (Wildman–Crippen LogP) is 4.92. The second-order valence-electron chi connectivity index (χ2n) is 9.15. The van der Waals surface area contributed by atoms with Gasteiger partial charge in [0.1, 0.15) is 11.6 Å². The summed E-state index contributed by atoms with van der Waals surface area (Å²) in [6.07, 6.45) is 3.15. The van der Waals surface area contributed by atoms with E-state index in [1.165, 1.54) is 12.1 Å². The van der Waals surface area contributed by atoms with Crippen LogP contribution in [0.2, 0.25) is 0 Å². The van der Waals surface area contributed by atoms with Crippen molar-refractivity contribution in [2.24, 2.45) is 0 Å². The maximum Gasteiger partial charge on any atom is 0.303 e. The Bertz CT molecular complexity index is 1240. The molecule has 1 saturated carbocycles. The summed E-state index contributed by atoms with van der Waals surface area (Å²) in [5, 5.41) is 31.4. The Balaban J connectivity index is 1.51. The first kappa shape index (κ1) is 26.3. The van der Waals surface area contributed by atoms with Crippen LogP contribution >= 0.6 is 0 Å². The molecule has 37 heavy (non-hydrogen) atoms. The van der Waals surface area contributed by atoms with Gasteiger partial charge in [-0.15, -0.1) is 0 Å². The lowest BCUT2D eigenvalue weighted by molar-refractivity contribution is -0.259. The highest BCUT2D eigenvalue weighted by Crippen LogP contribution is 2.40. The van der Waals surface area contributed by atoms with Crippen LogP contribution in [0, 0.1) is 5.82 Å². The van der Waals surface area contributed by atoms with Crippen molar-refractivity contribution >= 4 is 11.9 Å². The SMILES string of the molecule is O=C(O)CCCCCOc1ccccc1C(O)(O)N(C(=O)c1ccc(-c2ccccc2F)cc1)C1CC1. The molecule has 3 aromatic rings. The van der Waals surface area contributed by atoms with Crippen LogP contribution in [0.3, 0.4) is 0 Å². The van der Waals surface area contributed by atoms with E-state index in [0.29, 0.717) is 43.2 Å². The smallest absolute Gasteiger partial charge is 0.303 e. The van der Waals surface area contributed by atoms with Crippen LogP contribution < -0.4 is 4.74 Å². The fraction of sp³-hybridized carbons (Fsp3) is 0.310. The van der Waals surface area contributed by atoms with Crippen LogP contribution in [0.1, 0.15) is 54.4 Å². The maximum atomic E-state index is 14.2. The van der Waals surface area contributed by atoms with E-state index in [-0.39, 0.29) is 41.8 Å². The Morgan fingerprint density at radius 2 is 1.59 bits per heavy atom. The van der Waals surface area contributed by atoms with Gasteiger partial charge in [0.2, 0.25) is 0 Å². The van der Waals surface area contributed by atoms with E-state index in [2.05, 4.69) is 0 Å². The van der Waals surface area contributed by atoms with Crippen molar-refractivity contribution in [2.45, 2.75) is 50.5 Å². The minimum atomic E-state index is -2.62. The number of amides is 1. The van der Waals surface area contributed by atoms with E-state index >= 15 is 0 Å². The highest BCUT2D eigenvalue weighted by atomic mass is 19.1. The number of aliphatic hydroxyl groups is 2. The molecule has 7 nitrogen and oxygen atoms in total. The molecule has 1 aliphatic carbocycles. The lowest BCUT2D eigenvalue weighted by Crippen LogP contribution is -2.51. The second kappa shape index (κ2) is 11.5. The van der Waals surface area contributed by atoms with E-state index < -0.39 is 17.8 Å².